The second-order valence-electron chi connectivity index (χ2n) is 2.01. The van der Waals surface area contributed by atoms with Crippen molar-refractivity contribution >= 4 is 38.5 Å². The van der Waals surface area contributed by atoms with Crippen LogP contribution in [0.1, 0.15) is 5.56 Å². The van der Waals surface area contributed by atoms with Crippen molar-refractivity contribution in [2.75, 3.05) is 0 Å². The van der Waals surface area contributed by atoms with Crippen molar-refractivity contribution in [2.24, 2.45) is 0 Å². The summed E-state index contributed by atoms with van der Waals surface area (Å²) in [5, 5.41) is 9.19. The van der Waals surface area contributed by atoms with Gasteiger partial charge in [0.05, 0.1) is 0 Å². The summed E-state index contributed by atoms with van der Waals surface area (Å²) >= 11 is 5.57. The molecule has 0 spiro atoms. The van der Waals surface area contributed by atoms with E-state index in [-0.39, 0.29) is 0 Å². The number of halogens is 2. The molecule has 0 unspecified atom stereocenters. The quantitative estimate of drug-likeness (QED) is 0.730. The summed E-state index contributed by atoms with van der Waals surface area (Å²) in [6.07, 6.45) is 0. The maximum Gasteiger partial charge on any atom is 0.119 e. The Balaban J connectivity index is 3.34. The lowest BCUT2D eigenvalue weighted by Crippen LogP contribution is -1.80. The molecule has 0 fully saturated rings. The number of hydrogen-bond donors (Lipinski definition) is 1. The SMILES string of the molecule is Cc1c(O)ccc(I)c1Br. The summed E-state index contributed by atoms with van der Waals surface area (Å²) in [6, 6.07) is 3.56. The average molecular weight is 313 g/mol. The van der Waals surface area contributed by atoms with Gasteiger partial charge in [0, 0.05) is 13.6 Å². The smallest absolute Gasteiger partial charge is 0.119 e. The van der Waals surface area contributed by atoms with E-state index in [2.05, 4.69) is 38.5 Å². The first kappa shape index (κ1) is 8.33. The van der Waals surface area contributed by atoms with Gasteiger partial charge in [0.1, 0.15) is 5.75 Å². The molecule has 0 atom stereocenters. The molecule has 0 heterocycles. The Hall–Kier alpha value is 0.230. The third-order valence-corrected chi connectivity index (χ3v) is 3.97. The molecular formula is C7H6BrIO. The molecule has 0 amide bonds. The fourth-order valence-corrected chi connectivity index (χ4v) is 1.56. The van der Waals surface area contributed by atoms with Gasteiger partial charge in [0.2, 0.25) is 0 Å². The molecular weight excluding hydrogens is 307 g/mol. The molecule has 1 N–H and O–H groups in total. The number of benzene rings is 1. The number of aromatic hydroxyl groups is 1. The molecule has 0 radical (unpaired) electrons. The zero-order valence-corrected chi connectivity index (χ0v) is 9.10. The van der Waals surface area contributed by atoms with E-state index in [1.807, 2.05) is 13.0 Å². The van der Waals surface area contributed by atoms with Crippen LogP contribution < -0.4 is 0 Å². The Morgan fingerprint density at radius 1 is 1.50 bits per heavy atom. The maximum atomic E-state index is 9.19. The largest absolute Gasteiger partial charge is 0.508 e. The van der Waals surface area contributed by atoms with Crippen LogP contribution in [0.4, 0.5) is 0 Å². The molecule has 0 aliphatic carbocycles. The molecule has 54 valence electrons. The molecule has 1 aromatic rings. The van der Waals surface area contributed by atoms with E-state index in [9.17, 15) is 5.11 Å². The van der Waals surface area contributed by atoms with Crippen molar-refractivity contribution in [2.45, 2.75) is 6.92 Å². The van der Waals surface area contributed by atoms with Crippen LogP contribution in [0.5, 0.6) is 5.75 Å². The van der Waals surface area contributed by atoms with E-state index in [0.717, 1.165) is 13.6 Å². The number of rotatable bonds is 0. The van der Waals surface area contributed by atoms with Gasteiger partial charge in [-0.1, -0.05) is 0 Å². The van der Waals surface area contributed by atoms with Crippen molar-refractivity contribution < 1.29 is 5.11 Å². The van der Waals surface area contributed by atoms with Gasteiger partial charge in [-0.25, -0.2) is 0 Å². The summed E-state index contributed by atoms with van der Waals surface area (Å²) in [7, 11) is 0. The van der Waals surface area contributed by atoms with Gasteiger partial charge < -0.3 is 5.11 Å². The van der Waals surface area contributed by atoms with Crippen molar-refractivity contribution in [1.29, 1.82) is 0 Å². The van der Waals surface area contributed by atoms with Gasteiger partial charge in [0.25, 0.3) is 0 Å². The van der Waals surface area contributed by atoms with E-state index < -0.39 is 0 Å². The molecule has 0 aliphatic rings. The molecule has 1 nitrogen and oxygen atoms in total. The zero-order chi connectivity index (χ0) is 7.72. The van der Waals surface area contributed by atoms with Crippen LogP contribution in [0.15, 0.2) is 16.6 Å². The van der Waals surface area contributed by atoms with Gasteiger partial charge in [-0.3, -0.25) is 0 Å². The van der Waals surface area contributed by atoms with Crippen LogP contribution in [0, 0.1) is 10.5 Å². The first-order valence-corrected chi connectivity index (χ1v) is 4.63. The highest BCUT2D eigenvalue weighted by atomic mass is 127. The van der Waals surface area contributed by atoms with Gasteiger partial charge in [-0.05, 0) is 57.6 Å². The average Bonchev–Trinajstić information content (AvgIpc) is 1.93. The highest BCUT2D eigenvalue weighted by molar-refractivity contribution is 14.1. The normalized spacial score (nSPS) is 9.90. The Kier molecular flexibility index (Phi) is 2.57. The lowest BCUT2D eigenvalue weighted by Gasteiger charge is -2.01. The van der Waals surface area contributed by atoms with Crippen molar-refractivity contribution in [1.82, 2.24) is 0 Å². The Bertz CT molecular complexity index is 233. The summed E-state index contributed by atoms with van der Waals surface area (Å²) in [4.78, 5) is 0. The first-order valence-electron chi connectivity index (χ1n) is 2.76. The molecule has 1 aromatic carbocycles. The fraction of sp³-hybridized carbons (Fsp3) is 0.143. The standard InChI is InChI=1S/C7H6BrIO/c1-4-6(10)3-2-5(9)7(4)8/h2-3,10H,1H3. The minimum Gasteiger partial charge on any atom is -0.508 e. The van der Waals surface area contributed by atoms with E-state index in [1.54, 1.807) is 6.07 Å². The molecule has 0 bridgehead atoms. The van der Waals surface area contributed by atoms with E-state index in [1.165, 1.54) is 0 Å². The van der Waals surface area contributed by atoms with Crippen LogP contribution in [0.2, 0.25) is 0 Å². The van der Waals surface area contributed by atoms with Crippen LogP contribution in [-0.2, 0) is 0 Å². The third kappa shape index (κ3) is 1.45. The van der Waals surface area contributed by atoms with Crippen molar-refractivity contribution in [3.05, 3.63) is 25.7 Å². The fourth-order valence-electron chi connectivity index (χ4n) is 0.642. The number of phenolic OH excluding ortho intramolecular Hbond substituents is 1. The zero-order valence-electron chi connectivity index (χ0n) is 5.36. The molecule has 0 aromatic heterocycles. The summed E-state index contributed by atoms with van der Waals surface area (Å²) in [6.45, 7) is 1.88. The van der Waals surface area contributed by atoms with Gasteiger partial charge in [0.15, 0.2) is 0 Å². The maximum absolute atomic E-state index is 9.19. The first-order chi connectivity index (χ1) is 4.63. The summed E-state index contributed by atoms with van der Waals surface area (Å²) in [5.74, 6) is 0.340. The van der Waals surface area contributed by atoms with Crippen molar-refractivity contribution in [3.63, 3.8) is 0 Å². The molecule has 0 saturated carbocycles. The highest BCUT2D eigenvalue weighted by Crippen LogP contribution is 2.28. The van der Waals surface area contributed by atoms with E-state index >= 15 is 0 Å². The third-order valence-electron chi connectivity index (χ3n) is 1.31. The molecule has 0 saturated heterocycles. The predicted octanol–water partition coefficient (Wildman–Crippen LogP) is 3.07. The number of hydrogen-bond acceptors (Lipinski definition) is 1. The Morgan fingerprint density at radius 2 is 2.10 bits per heavy atom. The van der Waals surface area contributed by atoms with Gasteiger partial charge in [-0.15, -0.1) is 0 Å². The summed E-state index contributed by atoms with van der Waals surface area (Å²) in [5.41, 5.74) is 0.895. The monoisotopic (exact) mass is 312 g/mol. The van der Waals surface area contributed by atoms with Crippen LogP contribution in [-0.4, -0.2) is 5.11 Å². The second-order valence-corrected chi connectivity index (χ2v) is 3.96. The molecule has 0 aliphatic heterocycles. The number of phenols is 1. The van der Waals surface area contributed by atoms with Crippen LogP contribution in [0.3, 0.4) is 0 Å². The van der Waals surface area contributed by atoms with Gasteiger partial charge in [-0.2, -0.15) is 0 Å². The minimum absolute atomic E-state index is 0.340. The Morgan fingerprint density at radius 3 is 2.60 bits per heavy atom. The molecule has 3 heteroatoms. The van der Waals surface area contributed by atoms with E-state index in [0.29, 0.717) is 5.75 Å². The Labute approximate surface area is 81.7 Å². The topological polar surface area (TPSA) is 20.2 Å². The van der Waals surface area contributed by atoms with Crippen LogP contribution >= 0.6 is 38.5 Å². The second kappa shape index (κ2) is 3.09. The lowest BCUT2D eigenvalue weighted by atomic mass is 10.2. The van der Waals surface area contributed by atoms with Crippen molar-refractivity contribution in [3.8, 4) is 5.75 Å². The summed E-state index contributed by atoms with van der Waals surface area (Å²) < 4.78 is 2.10. The molecule has 1 rings (SSSR count). The lowest BCUT2D eigenvalue weighted by molar-refractivity contribution is 0.470. The van der Waals surface area contributed by atoms with E-state index in [4.69, 9.17) is 0 Å². The van der Waals surface area contributed by atoms with Gasteiger partial charge >= 0.3 is 0 Å². The van der Waals surface area contributed by atoms with Crippen LogP contribution in [0.25, 0.3) is 0 Å². The molecule has 10 heavy (non-hydrogen) atoms. The predicted molar refractivity (Wildman–Crippen MR) is 53.3 cm³/mol. The highest BCUT2D eigenvalue weighted by Gasteiger charge is 2.02. The minimum atomic E-state index is 0.340.